The third-order valence-corrected chi connectivity index (χ3v) is 3.64. The second-order valence-electron chi connectivity index (χ2n) is 5.34. The molecule has 2 atom stereocenters. The molecule has 0 radical (unpaired) electrons. The number of hydrogen-bond donors (Lipinski definition) is 1. The number of morpholine rings is 1. The zero-order chi connectivity index (χ0) is 14.4. The van der Waals surface area contributed by atoms with Gasteiger partial charge in [0.2, 0.25) is 0 Å². The van der Waals surface area contributed by atoms with Gasteiger partial charge in [-0.2, -0.15) is 0 Å². The zero-order valence-electron chi connectivity index (χ0n) is 12.3. The van der Waals surface area contributed by atoms with Gasteiger partial charge >= 0.3 is 0 Å². The highest BCUT2D eigenvalue weighted by Crippen LogP contribution is 2.15. The molecule has 0 spiro atoms. The highest BCUT2D eigenvalue weighted by Gasteiger charge is 2.17. The second kappa shape index (κ2) is 7.67. The van der Waals surface area contributed by atoms with Crippen LogP contribution in [0.4, 0.5) is 4.39 Å². The van der Waals surface area contributed by atoms with Crippen LogP contribution < -0.4 is 5.32 Å². The van der Waals surface area contributed by atoms with Crippen LogP contribution in [0.5, 0.6) is 0 Å². The first-order valence-corrected chi connectivity index (χ1v) is 7.36. The van der Waals surface area contributed by atoms with E-state index in [9.17, 15) is 4.39 Å². The number of hydrogen-bond acceptors (Lipinski definition) is 4. The van der Waals surface area contributed by atoms with E-state index in [2.05, 4.69) is 29.0 Å². The first kappa shape index (κ1) is 15.4. The molecule has 1 aromatic heterocycles. The first-order valence-electron chi connectivity index (χ1n) is 7.36. The Bertz CT molecular complexity index is 393. The normalized spacial score (nSPS) is 19.8. The van der Waals surface area contributed by atoms with E-state index in [1.165, 1.54) is 12.3 Å². The summed E-state index contributed by atoms with van der Waals surface area (Å²) in [6.45, 7) is 8.94. The van der Waals surface area contributed by atoms with Crippen molar-refractivity contribution in [1.29, 1.82) is 0 Å². The molecule has 1 N–H and O–H groups in total. The van der Waals surface area contributed by atoms with Crippen molar-refractivity contribution in [3.05, 3.63) is 29.8 Å². The van der Waals surface area contributed by atoms with Crippen LogP contribution in [0.2, 0.25) is 0 Å². The van der Waals surface area contributed by atoms with E-state index in [1.807, 2.05) is 0 Å². The van der Waals surface area contributed by atoms with E-state index in [-0.39, 0.29) is 11.9 Å². The Hall–Kier alpha value is -1.04. The molecule has 0 aliphatic carbocycles. The van der Waals surface area contributed by atoms with Crippen LogP contribution >= 0.6 is 0 Å². The maximum absolute atomic E-state index is 12.9. The lowest BCUT2D eigenvalue weighted by atomic mass is 10.1. The van der Waals surface area contributed by atoms with Crippen molar-refractivity contribution in [1.82, 2.24) is 15.2 Å². The Labute approximate surface area is 120 Å². The average molecular weight is 281 g/mol. The molecule has 2 rings (SSSR count). The molecule has 1 aliphatic heterocycles. The minimum absolute atomic E-state index is 0.173. The molecular weight excluding hydrogens is 257 g/mol. The van der Waals surface area contributed by atoms with Crippen molar-refractivity contribution in [3.63, 3.8) is 0 Å². The fourth-order valence-electron chi connectivity index (χ4n) is 2.57. The summed E-state index contributed by atoms with van der Waals surface area (Å²) in [5, 5.41) is 3.58. The Kier molecular flexibility index (Phi) is 5.88. The summed E-state index contributed by atoms with van der Waals surface area (Å²) in [5.41, 5.74) is 0.905. The van der Waals surface area contributed by atoms with Gasteiger partial charge in [0, 0.05) is 31.7 Å². The van der Waals surface area contributed by atoms with E-state index < -0.39 is 0 Å². The van der Waals surface area contributed by atoms with Gasteiger partial charge in [-0.15, -0.1) is 0 Å². The summed E-state index contributed by atoms with van der Waals surface area (Å²) in [6.07, 6.45) is 2.22. The summed E-state index contributed by atoms with van der Waals surface area (Å²) >= 11 is 0. The van der Waals surface area contributed by atoms with Gasteiger partial charge in [0.25, 0.3) is 0 Å². The highest BCUT2D eigenvalue weighted by molar-refractivity contribution is 5.10. The SMILES string of the molecule is CCC(NC(C)CN1CCOCC1)c1ccc(F)cn1. The molecule has 1 saturated heterocycles. The lowest BCUT2D eigenvalue weighted by Gasteiger charge is -2.31. The number of pyridine rings is 1. The molecule has 1 fully saturated rings. The fraction of sp³-hybridized carbons (Fsp3) is 0.667. The standard InChI is InChI=1S/C15H24FN3O/c1-3-14(15-5-4-13(16)10-17-15)18-12(2)11-19-6-8-20-9-7-19/h4-5,10,12,14,18H,3,6-9,11H2,1-2H3. The van der Waals surface area contributed by atoms with E-state index >= 15 is 0 Å². The minimum atomic E-state index is -0.287. The van der Waals surface area contributed by atoms with Crippen molar-refractivity contribution in [2.75, 3.05) is 32.8 Å². The van der Waals surface area contributed by atoms with Crippen LogP contribution in [-0.4, -0.2) is 48.8 Å². The molecule has 112 valence electrons. The number of nitrogens with zero attached hydrogens (tertiary/aromatic N) is 2. The predicted molar refractivity (Wildman–Crippen MR) is 77.1 cm³/mol. The number of nitrogens with one attached hydrogen (secondary N) is 1. The maximum atomic E-state index is 12.9. The summed E-state index contributed by atoms with van der Waals surface area (Å²) in [4.78, 5) is 6.59. The van der Waals surface area contributed by atoms with Gasteiger partial charge in [-0.1, -0.05) is 6.92 Å². The molecule has 5 heteroatoms. The van der Waals surface area contributed by atoms with Crippen LogP contribution in [0.3, 0.4) is 0 Å². The van der Waals surface area contributed by atoms with Crippen LogP contribution in [-0.2, 0) is 4.74 Å². The van der Waals surface area contributed by atoms with E-state index in [4.69, 9.17) is 4.74 Å². The van der Waals surface area contributed by atoms with Gasteiger partial charge in [-0.25, -0.2) is 4.39 Å². The maximum Gasteiger partial charge on any atom is 0.141 e. The monoisotopic (exact) mass is 281 g/mol. The predicted octanol–water partition coefficient (Wildman–Crippen LogP) is 1.98. The smallest absolute Gasteiger partial charge is 0.141 e. The van der Waals surface area contributed by atoms with Crippen molar-refractivity contribution in [2.45, 2.75) is 32.4 Å². The van der Waals surface area contributed by atoms with Crippen molar-refractivity contribution >= 4 is 0 Å². The summed E-state index contributed by atoms with van der Waals surface area (Å²) in [6, 6.07) is 3.77. The Morgan fingerprint density at radius 1 is 1.40 bits per heavy atom. The Morgan fingerprint density at radius 2 is 2.15 bits per heavy atom. The second-order valence-corrected chi connectivity index (χ2v) is 5.34. The summed E-state index contributed by atoms with van der Waals surface area (Å²) in [7, 11) is 0. The van der Waals surface area contributed by atoms with Crippen molar-refractivity contribution in [2.24, 2.45) is 0 Å². The van der Waals surface area contributed by atoms with Gasteiger partial charge in [-0.05, 0) is 25.5 Å². The third kappa shape index (κ3) is 4.51. The lowest BCUT2D eigenvalue weighted by molar-refractivity contribution is 0.0338. The lowest BCUT2D eigenvalue weighted by Crippen LogP contribution is -2.45. The molecule has 0 saturated carbocycles. The van der Waals surface area contributed by atoms with Gasteiger partial charge in [0.15, 0.2) is 0 Å². The topological polar surface area (TPSA) is 37.4 Å². The number of rotatable bonds is 6. The van der Waals surface area contributed by atoms with E-state index in [0.717, 1.165) is 45.0 Å². The summed E-state index contributed by atoms with van der Waals surface area (Å²) in [5.74, 6) is -0.287. The highest BCUT2D eigenvalue weighted by atomic mass is 19.1. The molecule has 2 unspecified atom stereocenters. The van der Waals surface area contributed by atoms with Gasteiger partial charge < -0.3 is 10.1 Å². The largest absolute Gasteiger partial charge is 0.379 e. The number of halogens is 1. The van der Waals surface area contributed by atoms with Gasteiger partial charge in [0.05, 0.1) is 25.1 Å². The number of aromatic nitrogens is 1. The molecule has 0 aromatic carbocycles. The quantitative estimate of drug-likeness (QED) is 0.865. The molecule has 4 nitrogen and oxygen atoms in total. The van der Waals surface area contributed by atoms with Crippen LogP contribution in [0, 0.1) is 5.82 Å². The van der Waals surface area contributed by atoms with Gasteiger partial charge in [-0.3, -0.25) is 9.88 Å². The minimum Gasteiger partial charge on any atom is -0.379 e. The molecule has 0 amide bonds. The zero-order valence-corrected chi connectivity index (χ0v) is 12.3. The third-order valence-electron chi connectivity index (χ3n) is 3.64. The molecular formula is C15H24FN3O. The van der Waals surface area contributed by atoms with E-state index in [1.54, 1.807) is 6.07 Å². The molecule has 1 aromatic rings. The van der Waals surface area contributed by atoms with E-state index in [0.29, 0.717) is 6.04 Å². The van der Waals surface area contributed by atoms with Crippen LogP contribution in [0.15, 0.2) is 18.3 Å². The molecule has 0 bridgehead atoms. The van der Waals surface area contributed by atoms with Crippen LogP contribution in [0.25, 0.3) is 0 Å². The summed E-state index contributed by atoms with van der Waals surface area (Å²) < 4.78 is 18.3. The molecule has 1 aliphatic rings. The molecule has 20 heavy (non-hydrogen) atoms. The molecule has 2 heterocycles. The van der Waals surface area contributed by atoms with Crippen molar-refractivity contribution in [3.8, 4) is 0 Å². The Balaban J connectivity index is 1.86. The Morgan fingerprint density at radius 3 is 2.75 bits per heavy atom. The first-order chi connectivity index (χ1) is 9.69. The van der Waals surface area contributed by atoms with Crippen LogP contribution in [0.1, 0.15) is 32.0 Å². The average Bonchev–Trinajstić information content (AvgIpc) is 2.47. The van der Waals surface area contributed by atoms with Crippen molar-refractivity contribution < 1.29 is 9.13 Å². The van der Waals surface area contributed by atoms with Gasteiger partial charge in [0.1, 0.15) is 5.82 Å². The number of ether oxygens (including phenoxy) is 1. The fourth-order valence-corrected chi connectivity index (χ4v) is 2.57.